The summed E-state index contributed by atoms with van der Waals surface area (Å²) in [4.78, 5) is 2.23. The van der Waals surface area contributed by atoms with E-state index in [9.17, 15) is 10.2 Å². The molecule has 0 aromatic carbocycles. The lowest BCUT2D eigenvalue weighted by Gasteiger charge is -2.42. The van der Waals surface area contributed by atoms with Gasteiger partial charge in [-0.1, -0.05) is 26.2 Å². The molecule has 1 rings (SSSR count). The largest absolute Gasteiger partial charge is 0.394 e. The second kappa shape index (κ2) is 5.83. The predicted octanol–water partition coefficient (Wildman–Crippen LogP) is 1.38. The maximum Gasteiger partial charge on any atom is 0.0672 e. The minimum atomic E-state index is -0.399. The Morgan fingerprint density at radius 1 is 1.20 bits per heavy atom. The molecule has 0 heterocycles. The monoisotopic (exact) mass is 215 g/mol. The van der Waals surface area contributed by atoms with Crippen LogP contribution in [0.15, 0.2) is 0 Å². The molecule has 90 valence electrons. The van der Waals surface area contributed by atoms with Gasteiger partial charge in [0.05, 0.1) is 18.8 Å². The molecule has 0 amide bonds. The van der Waals surface area contributed by atoms with Crippen molar-refractivity contribution in [1.29, 1.82) is 0 Å². The molecular weight excluding hydrogens is 190 g/mol. The van der Waals surface area contributed by atoms with E-state index in [2.05, 4.69) is 18.9 Å². The number of aliphatic hydroxyl groups is 2. The Hall–Kier alpha value is -0.120. The lowest BCUT2D eigenvalue weighted by Crippen LogP contribution is -2.55. The van der Waals surface area contributed by atoms with Crippen molar-refractivity contribution in [3.63, 3.8) is 0 Å². The first-order valence-corrected chi connectivity index (χ1v) is 6.15. The lowest BCUT2D eigenvalue weighted by atomic mass is 9.92. The number of nitrogens with zero attached hydrogens (tertiary/aromatic N) is 1. The number of hydrogen-bond acceptors (Lipinski definition) is 3. The van der Waals surface area contributed by atoms with E-state index in [4.69, 9.17) is 0 Å². The van der Waals surface area contributed by atoms with Gasteiger partial charge in [-0.15, -0.1) is 0 Å². The van der Waals surface area contributed by atoms with Crippen molar-refractivity contribution in [2.45, 2.75) is 57.0 Å². The average molecular weight is 215 g/mol. The summed E-state index contributed by atoms with van der Waals surface area (Å²) in [5, 5.41) is 19.1. The second-order valence-electron chi connectivity index (χ2n) is 4.84. The van der Waals surface area contributed by atoms with Crippen LogP contribution in [0.3, 0.4) is 0 Å². The molecule has 1 fully saturated rings. The van der Waals surface area contributed by atoms with Gasteiger partial charge in [-0.25, -0.2) is 0 Å². The highest BCUT2D eigenvalue weighted by atomic mass is 16.3. The molecule has 0 aromatic heterocycles. The minimum Gasteiger partial charge on any atom is -0.394 e. The van der Waals surface area contributed by atoms with Crippen molar-refractivity contribution >= 4 is 0 Å². The first kappa shape index (κ1) is 12.9. The summed E-state index contributed by atoms with van der Waals surface area (Å²) in [5.74, 6) is 0. The molecule has 0 saturated heterocycles. The van der Waals surface area contributed by atoms with Crippen LogP contribution in [0, 0.1) is 0 Å². The third kappa shape index (κ3) is 2.71. The summed E-state index contributed by atoms with van der Waals surface area (Å²) in [7, 11) is 2.05. The quantitative estimate of drug-likeness (QED) is 0.703. The summed E-state index contributed by atoms with van der Waals surface area (Å²) < 4.78 is 0. The summed E-state index contributed by atoms with van der Waals surface area (Å²) >= 11 is 0. The van der Waals surface area contributed by atoms with Gasteiger partial charge in [-0.2, -0.15) is 0 Å². The molecule has 0 aromatic rings. The van der Waals surface area contributed by atoms with Gasteiger partial charge in [-0.05, 0) is 26.3 Å². The van der Waals surface area contributed by atoms with E-state index in [1.165, 1.54) is 25.7 Å². The number of rotatable bonds is 6. The maximum atomic E-state index is 9.54. The van der Waals surface area contributed by atoms with E-state index >= 15 is 0 Å². The average Bonchev–Trinajstić information content (AvgIpc) is 2.78. The van der Waals surface area contributed by atoms with E-state index < -0.39 is 5.54 Å². The fourth-order valence-electron chi connectivity index (χ4n) is 2.75. The summed E-state index contributed by atoms with van der Waals surface area (Å²) in [6.07, 6.45) is 6.86. The Kier molecular flexibility index (Phi) is 5.03. The molecule has 1 saturated carbocycles. The zero-order chi connectivity index (χ0) is 11.3. The van der Waals surface area contributed by atoms with Crippen molar-refractivity contribution in [2.24, 2.45) is 0 Å². The van der Waals surface area contributed by atoms with Gasteiger partial charge < -0.3 is 10.2 Å². The number of hydrogen-bond donors (Lipinski definition) is 2. The summed E-state index contributed by atoms with van der Waals surface area (Å²) in [5.41, 5.74) is -0.399. The van der Waals surface area contributed by atoms with Crippen LogP contribution in [0.4, 0.5) is 0 Å². The number of aliphatic hydroxyl groups excluding tert-OH is 2. The molecule has 0 aliphatic heterocycles. The highest BCUT2D eigenvalue weighted by molar-refractivity contribution is 4.92. The van der Waals surface area contributed by atoms with E-state index in [-0.39, 0.29) is 13.2 Å². The van der Waals surface area contributed by atoms with Crippen molar-refractivity contribution in [3.8, 4) is 0 Å². The molecule has 15 heavy (non-hydrogen) atoms. The highest BCUT2D eigenvalue weighted by Crippen LogP contribution is 2.30. The van der Waals surface area contributed by atoms with E-state index in [0.717, 1.165) is 12.8 Å². The standard InChI is InChI=1S/C12H25NO2/c1-3-8-12(9-14,10-15)13(2)11-6-4-5-7-11/h11,14-15H,3-10H2,1-2H3. The van der Waals surface area contributed by atoms with Crippen molar-refractivity contribution in [2.75, 3.05) is 20.3 Å². The van der Waals surface area contributed by atoms with E-state index in [1.54, 1.807) is 0 Å². The highest BCUT2D eigenvalue weighted by Gasteiger charge is 2.37. The number of likely N-dealkylation sites (N-methyl/N-ethyl adjacent to an activating group) is 1. The predicted molar refractivity (Wildman–Crippen MR) is 61.8 cm³/mol. The Balaban J connectivity index is 2.67. The SMILES string of the molecule is CCCC(CO)(CO)N(C)C1CCCC1. The van der Waals surface area contributed by atoms with Crippen molar-refractivity contribution < 1.29 is 10.2 Å². The smallest absolute Gasteiger partial charge is 0.0672 e. The normalized spacial score (nSPS) is 19.0. The lowest BCUT2D eigenvalue weighted by molar-refractivity contribution is -0.0266. The van der Waals surface area contributed by atoms with Gasteiger partial charge in [0.1, 0.15) is 0 Å². The van der Waals surface area contributed by atoms with Gasteiger partial charge in [0.15, 0.2) is 0 Å². The van der Waals surface area contributed by atoms with E-state index in [0.29, 0.717) is 6.04 Å². The van der Waals surface area contributed by atoms with Crippen LogP contribution in [-0.2, 0) is 0 Å². The van der Waals surface area contributed by atoms with Crippen molar-refractivity contribution in [3.05, 3.63) is 0 Å². The van der Waals surface area contributed by atoms with Gasteiger partial charge >= 0.3 is 0 Å². The molecular formula is C12H25NO2. The molecule has 2 N–H and O–H groups in total. The third-order valence-electron chi connectivity index (χ3n) is 3.92. The van der Waals surface area contributed by atoms with E-state index in [1.807, 2.05) is 0 Å². The molecule has 0 bridgehead atoms. The van der Waals surface area contributed by atoms with Crippen LogP contribution < -0.4 is 0 Å². The Morgan fingerprint density at radius 2 is 1.73 bits per heavy atom. The Morgan fingerprint density at radius 3 is 2.13 bits per heavy atom. The van der Waals surface area contributed by atoms with Crippen molar-refractivity contribution in [1.82, 2.24) is 4.90 Å². The Labute approximate surface area is 93.1 Å². The van der Waals surface area contributed by atoms with Gasteiger partial charge in [0, 0.05) is 6.04 Å². The molecule has 1 aliphatic carbocycles. The molecule has 3 heteroatoms. The third-order valence-corrected chi connectivity index (χ3v) is 3.92. The zero-order valence-corrected chi connectivity index (χ0v) is 10.1. The van der Waals surface area contributed by atoms with Crippen LogP contribution in [0.5, 0.6) is 0 Å². The molecule has 0 unspecified atom stereocenters. The Bertz CT molecular complexity index is 174. The molecule has 0 spiro atoms. The summed E-state index contributed by atoms with van der Waals surface area (Å²) in [6.45, 7) is 2.22. The van der Waals surface area contributed by atoms with Gasteiger partial charge in [0.2, 0.25) is 0 Å². The molecule has 0 atom stereocenters. The molecule has 3 nitrogen and oxygen atoms in total. The van der Waals surface area contributed by atoms with Gasteiger partial charge in [0.25, 0.3) is 0 Å². The van der Waals surface area contributed by atoms with Crippen LogP contribution in [0.2, 0.25) is 0 Å². The topological polar surface area (TPSA) is 43.7 Å². The fraction of sp³-hybridized carbons (Fsp3) is 1.00. The zero-order valence-electron chi connectivity index (χ0n) is 10.1. The van der Waals surface area contributed by atoms with Crippen LogP contribution in [0.25, 0.3) is 0 Å². The van der Waals surface area contributed by atoms with Crippen LogP contribution in [-0.4, -0.2) is 47.0 Å². The first-order valence-electron chi connectivity index (χ1n) is 6.15. The fourth-order valence-corrected chi connectivity index (χ4v) is 2.75. The summed E-state index contributed by atoms with van der Waals surface area (Å²) in [6, 6.07) is 0.552. The molecule has 0 radical (unpaired) electrons. The second-order valence-corrected chi connectivity index (χ2v) is 4.84. The maximum absolute atomic E-state index is 9.54. The first-order chi connectivity index (χ1) is 7.20. The van der Waals surface area contributed by atoms with Crippen LogP contribution in [0.1, 0.15) is 45.4 Å². The molecule has 1 aliphatic rings. The van der Waals surface area contributed by atoms with Gasteiger partial charge in [-0.3, -0.25) is 4.90 Å². The minimum absolute atomic E-state index is 0.0599. The van der Waals surface area contributed by atoms with Crippen LogP contribution >= 0.6 is 0 Å².